The summed E-state index contributed by atoms with van der Waals surface area (Å²) in [5.74, 6) is -2.82. The Morgan fingerprint density at radius 3 is 2.92 bits per heavy atom. The van der Waals surface area contributed by atoms with E-state index < -0.39 is 12.0 Å². The van der Waals surface area contributed by atoms with Gasteiger partial charge in [0.1, 0.15) is 0 Å². The molecule has 0 bridgehead atoms. The molecule has 72 valence electrons. The van der Waals surface area contributed by atoms with E-state index in [4.69, 9.17) is 0 Å². The van der Waals surface area contributed by atoms with Crippen LogP contribution < -0.4 is 0 Å². The summed E-state index contributed by atoms with van der Waals surface area (Å²) in [6.07, 6.45) is 4.00. The molecule has 0 aromatic carbocycles. The van der Waals surface area contributed by atoms with Crippen molar-refractivity contribution in [2.75, 3.05) is 0 Å². The highest BCUT2D eigenvalue weighted by atomic mass is 19.3. The first-order chi connectivity index (χ1) is 6.11. The van der Waals surface area contributed by atoms with Crippen molar-refractivity contribution >= 4 is 0 Å². The molecule has 0 fully saturated rings. The number of halogens is 2. The monoisotopic (exact) mass is 186 g/mol. The predicted molar refractivity (Wildman–Crippen MR) is 45.6 cm³/mol. The molecule has 0 aromatic heterocycles. The van der Waals surface area contributed by atoms with Gasteiger partial charge in [-0.05, 0) is 24.8 Å². The molecule has 0 spiro atoms. The van der Waals surface area contributed by atoms with Crippen molar-refractivity contribution in [1.82, 2.24) is 0 Å². The third-order valence-corrected chi connectivity index (χ3v) is 2.69. The fourth-order valence-electron chi connectivity index (χ4n) is 2.09. The second-order valence-electron chi connectivity index (χ2n) is 3.66. The van der Waals surface area contributed by atoms with Crippen molar-refractivity contribution in [3.63, 3.8) is 0 Å². The molecule has 0 saturated carbocycles. The minimum Gasteiger partial charge on any atom is -0.389 e. The van der Waals surface area contributed by atoms with Gasteiger partial charge < -0.3 is 5.11 Å². The summed E-state index contributed by atoms with van der Waals surface area (Å²) in [6.45, 7) is 0. The summed E-state index contributed by atoms with van der Waals surface area (Å²) in [7, 11) is 0. The molecule has 2 aliphatic carbocycles. The van der Waals surface area contributed by atoms with Crippen LogP contribution in [-0.2, 0) is 0 Å². The average molecular weight is 186 g/mol. The molecule has 1 atom stereocenters. The fraction of sp³-hybridized carbons (Fsp3) is 0.600. The number of aliphatic hydroxyl groups is 1. The Morgan fingerprint density at radius 1 is 1.46 bits per heavy atom. The highest BCUT2D eigenvalue weighted by Crippen LogP contribution is 2.41. The van der Waals surface area contributed by atoms with Crippen molar-refractivity contribution in [3.8, 4) is 0 Å². The van der Waals surface area contributed by atoms with Crippen LogP contribution in [0.25, 0.3) is 0 Å². The first kappa shape index (κ1) is 8.88. The molecule has 1 unspecified atom stereocenters. The molecule has 1 nitrogen and oxygen atoms in total. The van der Waals surface area contributed by atoms with Crippen molar-refractivity contribution < 1.29 is 13.9 Å². The maximum atomic E-state index is 13.3. The molecule has 0 radical (unpaired) electrons. The smallest absolute Gasteiger partial charge is 0.275 e. The van der Waals surface area contributed by atoms with Crippen LogP contribution in [0.1, 0.15) is 25.7 Å². The van der Waals surface area contributed by atoms with Gasteiger partial charge in [-0.15, -0.1) is 0 Å². The van der Waals surface area contributed by atoms with Crippen LogP contribution in [0, 0.1) is 0 Å². The maximum Gasteiger partial charge on any atom is 0.275 e. The molecule has 0 aliphatic heterocycles. The van der Waals surface area contributed by atoms with Gasteiger partial charge in [-0.1, -0.05) is 12.2 Å². The summed E-state index contributed by atoms with van der Waals surface area (Å²) < 4.78 is 26.6. The molecule has 3 heteroatoms. The summed E-state index contributed by atoms with van der Waals surface area (Å²) in [5, 5.41) is 9.47. The van der Waals surface area contributed by atoms with E-state index in [1.165, 1.54) is 6.08 Å². The number of hydrogen-bond acceptors (Lipinski definition) is 1. The van der Waals surface area contributed by atoms with Gasteiger partial charge in [0.15, 0.2) is 0 Å². The lowest BCUT2D eigenvalue weighted by Gasteiger charge is -2.31. The van der Waals surface area contributed by atoms with Crippen LogP contribution in [-0.4, -0.2) is 17.1 Å². The fourth-order valence-corrected chi connectivity index (χ4v) is 2.09. The minimum atomic E-state index is -2.82. The molecular formula is C10H12F2O. The zero-order valence-electron chi connectivity index (χ0n) is 7.26. The van der Waals surface area contributed by atoms with E-state index in [-0.39, 0.29) is 12.0 Å². The SMILES string of the molecule is OC1CCCC2=C1C(F)(F)CC=C2. The Kier molecular flexibility index (Phi) is 1.99. The predicted octanol–water partition coefficient (Wildman–Crippen LogP) is 2.42. The number of hydrogen-bond donors (Lipinski definition) is 1. The molecule has 1 N–H and O–H groups in total. The standard InChI is InChI=1S/C10H12F2O/c11-10(12)6-2-4-7-3-1-5-8(13)9(7)10/h2,4,8,13H,1,3,5-6H2. The Bertz CT molecular complexity index is 279. The first-order valence-corrected chi connectivity index (χ1v) is 4.57. The Balaban J connectivity index is 2.42. The van der Waals surface area contributed by atoms with Crippen molar-refractivity contribution in [2.24, 2.45) is 0 Å². The zero-order chi connectivity index (χ0) is 9.47. The highest BCUT2D eigenvalue weighted by molar-refractivity contribution is 5.38. The van der Waals surface area contributed by atoms with Crippen LogP contribution in [0.5, 0.6) is 0 Å². The highest BCUT2D eigenvalue weighted by Gasteiger charge is 2.41. The summed E-state index contributed by atoms with van der Waals surface area (Å²) in [4.78, 5) is 0. The molecular weight excluding hydrogens is 174 g/mol. The van der Waals surface area contributed by atoms with Crippen LogP contribution in [0.4, 0.5) is 8.78 Å². The maximum absolute atomic E-state index is 13.3. The lowest BCUT2D eigenvalue weighted by molar-refractivity contribution is 0.0102. The third kappa shape index (κ3) is 1.41. The largest absolute Gasteiger partial charge is 0.389 e. The van der Waals surface area contributed by atoms with Crippen LogP contribution in [0.3, 0.4) is 0 Å². The van der Waals surface area contributed by atoms with Crippen LogP contribution in [0.15, 0.2) is 23.3 Å². The van der Waals surface area contributed by atoms with Crippen LogP contribution in [0.2, 0.25) is 0 Å². The quantitative estimate of drug-likeness (QED) is 0.616. The zero-order valence-corrected chi connectivity index (χ0v) is 7.26. The second kappa shape index (κ2) is 2.91. The van der Waals surface area contributed by atoms with Gasteiger partial charge in [0, 0.05) is 12.0 Å². The van der Waals surface area contributed by atoms with Crippen LogP contribution >= 0.6 is 0 Å². The van der Waals surface area contributed by atoms with E-state index in [1.807, 2.05) is 0 Å². The van der Waals surface area contributed by atoms with E-state index in [9.17, 15) is 13.9 Å². The van der Waals surface area contributed by atoms with Gasteiger partial charge in [0.05, 0.1) is 6.10 Å². The number of alkyl halides is 2. The van der Waals surface area contributed by atoms with Crippen molar-refractivity contribution in [1.29, 1.82) is 0 Å². The number of allylic oxidation sites excluding steroid dienone is 3. The second-order valence-corrected chi connectivity index (χ2v) is 3.66. The molecule has 0 aromatic rings. The lowest BCUT2D eigenvalue weighted by atomic mass is 9.82. The number of aliphatic hydroxyl groups excluding tert-OH is 1. The molecule has 13 heavy (non-hydrogen) atoms. The molecule has 0 heterocycles. The third-order valence-electron chi connectivity index (χ3n) is 2.69. The van der Waals surface area contributed by atoms with E-state index in [2.05, 4.69) is 0 Å². The van der Waals surface area contributed by atoms with E-state index >= 15 is 0 Å². The van der Waals surface area contributed by atoms with Gasteiger partial charge in [0.25, 0.3) is 5.92 Å². The van der Waals surface area contributed by atoms with Gasteiger partial charge in [-0.2, -0.15) is 0 Å². The molecule has 0 amide bonds. The first-order valence-electron chi connectivity index (χ1n) is 4.57. The molecule has 2 aliphatic rings. The Labute approximate surface area is 75.8 Å². The van der Waals surface area contributed by atoms with Gasteiger partial charge in [0.2, 0.25) is 0 Å². The van der Waals surface area contributed by atoms with Crippen molar-refractivity contribution in [3.05, 3.63) is 23.3 Å². The average Bonchev–Trinajstić information content (AvgIpc) is 2.02. The van der Waals surface area contributed by atoms with Gasteiger partial charge >= 0.3 is 0 Å². The lowest BCUT2D eigenvalue weighted by Crippen LogP contribution is -2.33. The number of rotatable bonds is 0. The molecule has 2 rings (SSSR count). The molecule has 0 saturated heterocycles. The van der Waals surface area contributed by atoms with E-state index in [0.29, 0.717) is 18.4 Å². The topological polar surface area (TPSA) is 20.2 Å². The van der Waals surface area contributed by atoms with E-state index in [0.717, 1.165) is 6.42 Å². The summed E-state index contributed by atoms with van der Waals surface area (Å²) >= 11 is 0. The van der Waals surface area contributed by atoms with Gasteiger partial charge in [-0.25, -0.2) is 8.78 Å². The van der Waals surface area contributed by atoms with E-state index in [1.54, 1.807) is 6.08 Å². The Hall–Kier alpha value is -0.700. The minimum absolute atomic E-state index is 0.0266. The normalized spacial score (nSPS) is 31.8. The van der Waals surface area contributed by atoms with Gasteiger partial charge in [-0.3, -0.25) is 0 Å². The Morgan fingerprint density at radius 2 is 2.23 bits per heavy atom. The summed E-state index contributed by atoms with van der Waals surface area (Å²) in [5.41, 5.74) is 0.622. The summed E-state index contributed by atoms with van der Waals surface area (Å²) in [6, 6.07) is 0. The van der Waals surface area contributed by atoms with Crippen molar-refractivity contribution in [2.45, 2.75) is 37.7 Å².